The molecule has 1 heterocycles. The molecule has 5 nitrogen and oxygen atoms in total. The van der Waals surface area contributed by atoms with Gasteiger partial charge in [0.2, 0.25) is 0 Å². The molecule has 0 bridgehead atoms. The van der Waals surface area contributed by atoms with E-state index in [0.717, 1.165) is 25.2 Å². The van der Waals surface area contributed by atoms with Crippen molar-refractivity contribution in [3.63, 3.8) is 0 Å². The zero-order valence-corrected chi connectivity index (χ0v) is 10.00. The van der Waals surface area contributed by atoms with Crippen LogP contribution in [0.2, 0.25) is 0 Å². The number of nitrogens with zero attached hydrogens (tertiary/aromatic N) is 4. The van der Waals surface area contributed by atoms with E-state index in [1.807, 2.05) is 0 Å². The van der Waals surface area contributed by atoms with Crippen molar-refractivity contribution in [3.8, 4) is 0 Å². The molecule has 0 amide bonds. The molecule has 1 aliphatic rings. The molecule has 0 saturated carbocycles. The summed E-state index contributed by atoms with van der Waals surface area (Å²) in [5, 5.41) is 3.53. The summed E-state index contributed by atoms with van der Waals surface area (Å²) in [5.74, 6) is -0.220. The molecule has 1 aromatic rings. The first-order chi connectivity index (χ1) is 8.78. The van der Waals surface area contributed by atoms with Crippen LogP contribution in [0, 0.1) is 5.82 Å². The predicted molar refractivity (Wildman–Crippen MR) is 65.4 cm³/mol. The molecule has 0 spiro atoms. The monoisotopic (exact) mass is 250 g/mol. The molecular weight excluding hydrogens is 235 g/mol. The van der Waals surface area contributed by atoms with Gasteiger partial charge in [0.1, 0.15) is 5.82 Å². The van der Waals surface area contributed by atoms with E-state index in [2.05, 4.69) is 14.9 Å². The van der Waals surface area contributed by atoms with Gasteiger partial charge in [0.15, 0.2) is 0 Å². The SMILES string of the molecule is [N-]=[N+]=NCC1CN(Cc2ccc(F)cc2)CCO1. The van der Waals surface area contributed by atoms with Crippen LogP contribution in [0.4, 0.5) is 4.39 Å². The van der Waals surface area contributed by atoms with Gasteiger partial charge in [-0.1, -0.05) is 17.2 Å². The zero-order chi connectivity index (χ0) is 12.8. The molecule has 0 aliphatic carbocycles. The van der Waals surface area contributed by atoms with Crippen LogP contribution < -0.4 is 0 Å². The molecular formula is C12H15FN4O. The highest BCUT2D eigenvalue weighted by molar-refractivity contribution is 5.15. The predicted octanol–water partition coefficient (Wildman–Crippen LogP) is 2.34. The Labute approximate surface area is 105 Å². The lowest BCUT2D eigenvalue weighted by atomic mass is 10.2. The van der Waals surface area contributed by atoms with Gasteiger partial charge in [-0.3, -0.25) is 4.90 Å². The molecule has 1 unspecified atom stereocenters. The fourth-order valence-corrected chi connectivity index (χ4v) is 2.01. The molecule has 1 aromatic carbocycles. The third kappa shape index (κ3) is 3.70. The maximum absolute atomic E-state index is 12.8. The number of benzene rings is 1. The van der Waals surface area contributed by atoms with Crippen LogP contribution in [0.5, 0.6) is 0 Å². The van der Waals surface area contributed by atoms with Crippen LogP contribution in [0.3, 0.4) is 0 Å². The van der Waals surface area contributed by atoms with Gasteiger partial charge < -0.3 is 4.74 Å². The number of rotatable bonds is 4. The first-order valence-corrected chi connectivity index (χ1v) is 5.87. The minimum Gasteiger partial charge on any atom is -0.375 e. The number of hydrogen-bond acceptors (Lipinski definition) is 3. The van der Waals surface area contributed by atoms with Crippen molar-refractivity contribution in [2.45, 2.75) is 12.6 Å². The minimum atomic E-state index is -0.220. The van der Waals surface area contributed by atoms with Gasteiger partial charge in [-0.2, -0.15) is 0 Å². The molecule has 6 heteroatoms. The van der Waals surface area contributed by atoms with Crippen molar-refractivity contribution in [2.24, 2.45) is 5.11 Å². The Balaban J connectivity index is 1.89. The fraction of sp³-hybridized carbons (Fsp3) is 0.500. The van der Waals surface area contributed by atoms with Crippen molar-refractivity contribution in [1.82, 2.24) is 4.90 Å². The summed E-state index contributed by atoms with van der Waals surface area (Å²) >= 11 is 0. The van der Waals surface area contributed by atoms with Crippen molar-refractivity contribution < 1.29 is 9.13 Å². The quantitative estimate of drug-likeness (QED) is 0.468. The highest BCUT2D eigenvalue weighted by Crippen LogP contribution is 2.11. The highest BCUT2D eigenvalue weighted by atomic mass is 19.1. The number of azide groups is 1. The maximum atomic E-state index is 12.8. The molecule has 1 aliphatic heterocycles. The van der Waals surface area contributed by atoms with Crippen molar-refractivity contribution >= 4 is 0 Å². The zero-order valence-electron chi connectivity index (χ0n) is 10.00. The van der Waals surface area contributed by atoms with E-state index < -0.39 is 0 Å². The number of halogens is 1. The largest absolute Gasteiger partial charge is 0.375 e. The summed E-state index contributed by atoms with van der Waals surface area (Å²) in [7, 11) is 0. The Morgan fingerprint density at radius 3 is 2.94 bits per heavy atom. The number of ether oxygens (including phenoxy) is 1. The summed E-state index contributed by atoms with van der Waals surface area (Å²) in [6.45, 7) is 3.32. The lowest BCUT2D eigenvalue weighted by Gasteiger charge is -2.32. The molecule has 0 aromatic heterocycles. The third-order valence-electron chi connectivity index (χ3n) is 2.89. The normalized spacial score (nSPS) is 20.4. The fourth-order valence-electron chi connectivity index (χ4n) is 2.01. The highest BCUT2D eigenvalue weighted by Gasteiger charge is 2.19. The van der Waals surface area contributed by atoms with Crippen LogP contribution in [0.25, 0.3) is 10.4 Å². The molecule has 96 valence electrons. The maximum Gasteiger partial charge on any atom is 0.123 e. The second-order valence-electron chi connectivity index (χ2n) is 4.27. The summed E-state index contributed by atoms with van der Waals surface area (Å²) < 4.78 is 18.3. The van der Waals surface area contributed by atoms with Crippen LogP contribution in [-0.2, 0) is 11.3 Å². The first-order valence-electron chi connectivity index (χ1n) is 5.87. The van der Waals surface area contributed by atoms with Gasteiger partial charge in [0.25, 0.3) is 0 Å². The average molecular weight is 250 g/mol. The van der Waals surface area contributed by atoms with E-state index in [1.54, 1.807) is 12.1 Å². The second kappa shape index (κ2) is 6.35. The number of morpholine rings is 1. The molecule has 1 fully saturated rings. The van der Waals surface area contributed by atoms with Gasteiger partial charge >= 0.3 is 0 Å². The molecule has 2 rings (SSSR count). The Kier molecular flexibility index (Phi) is 4.52. The summed E-state index contributed by atoms with van der Waals surface area (Å²) in [6, 6.07) is 6.50. The van der Waals surface area contributed by atoms with Crippen molar-refractivity contribution in [2.75, 3.05) is 26.2 Å². The van der Waals surface area contributed by atoms with Gasteiger partial charge in [-0.05, 0) is 23.2 Å². The molecule has 0 radical (unpaired) electrons. The van der Waals surface area contributed by atoms with Crippen LogP contribution >= 0.6 is 0 Å². The van der Waals surface area contributed by atoms with E-state index in [-0.39, 0.29) is 11.9 Å². The smallest absolute Gasteiger partial charge is 0.123 e. The van der Waals surface area contributed by atoms with Gasteiger partial charge in [0, 0.05) is 24.5 Å². The Morgan fingerprint density at radius 2 is 2.22 bits per heavy atom. The summed E-state index contributed by atoms with van der Waals surface area (Å²) in [6.07, 6.45) is -0.0462. The molecule has 18 heavy (non-hydrogen) atoms. The first kappa shape index (κ1) is 12.8. The van der Waals surface area contributed by atoms with Crippen LogP contribution in [0.1, 0.15) is 5.56 Å². The Bertz CT molecular complexity index is 430. The van der Waals surface area contributed by atoms with Gasteiger partial charge in [-0.25, -0.2) is 4.39 Å². The van der Waals surface area contributed by atoms with E-state index in [9.17, 15) is 4.39 Å². The van der Waals surface area contributed by atoms with E-state index in [4.69, 9.17) is 10.3 Å². The van der Waals surface area contributed by atoms with Gasteiger partial charge in [-0.15, -0.1) is 0 Å². The van der Waals surface area contributed by atoms with Crippen molar-refractivity contribution in [3.05, 3.63) is 46.1 Å². The molecule has 0 N–H and O–H groups in total. The summed E-state index contributed by atoms with van der Waals surface area (Å²) in [5.41, 5.74) is 9.35. The third-order valence-corrected chi connectivity index (χ3v) is 2.89. The van der Waals surface area contributed by atoms with Crippen molar-refractivity contribution in [1.29, 1.82) is 0 Å². The van der Waals surface area contributed by atoms with E-state index >= 15 is 0 Å². The average Bonchev–Trinajstić information content (AvgIpc) is 2.40. The molecule has 1 saturated heterocycles. The lowest BCUT2D eigenvalue weighted by Crippen LogP contribution is -2.43. The topological polar surface area (TPSA) is 61.2 Å². The van der Waals surface area contributed by atoms with Crippen LogP contribution in [-0.4, -0.2) is 37.2 Å². The summed E-state index contributed by atoms with van der Waals surface area (Å²) in [4.78, 5) is 4.95. The lowest BCUT2D eigenvalue weighted by molar-refractivity contribution is -0.0259. The number of hydrogen-bond donors (Lipinski definition) is 0. The molecule has 1 atom stereocenters. The second-order valence-corrected chi connectivity index (χ2v) is 4.27. The van der Waals surface area contributed by atoms with E-state index in [0.29, 0.717) is 13.2 Å². The van der Waals surface area contributed by atoms with Gasteiger partial charge in [0.05, 0.1) is 19.3 Å². The Hall–Kier alpha value is -1.62. The minimum absolute atomic E-state index is 0.0462. The van der Waals surface area contributed by atoms with Crippen LogP contribution in [0.15, 0.2) is 29.4 Å². The standard InChI is InChI=1S/C12H15FN4O/c13-11-3-1-10(2-4-11)8-17-5-6-18-12(9-17)7-15-16-14/h1-4,12H,5-9H2. The van der Waals surface area contributed by atoms with E-state index in [1.165, 1.54) is 12.1 Å². The Morgan fingerprint density at radius 1 is 1.44 bits per heavy atom.